The second-order valence-electron chi connectivity index (χ2n) is 7.71. The average Bonchev–Trinajstić information content (AvgIpc) is 3.33. The van der Waals surface area contributed by atoms with Crippen LogP contribution in [0.1, 0.15) is 21.5 Å². The summed E-state index contributed by atoms with van der Waals surface area (Å²) in [7, 11) is 0. The second kappa shape index (κ2) is 10.4. The molecule has 0 spiro atoms. The molecule has 0 radical (unpaired) electrons. The number of hydrogen-bond acceptors (Lipinski definition) is 4. The van der Waals surface area contributed by atoms with E-state index in [-0.39, 0.29) is 11.8 Å². The molecule has 0 aliphatic heterocycles. The summed E-state index contributed by atoms with van der Waals surface area (Å²) in [5.41, 5.74) is 4.11. The van der Waals surface area contributed by atoms with Gasteiger partial charge in [0, 0.05) is 24.2 Å². The van der Waals surface area contributed by atoms with Crippen LogP contribution in [0.4, 0.5) is 0 Å². The number of nitrogens with zero attached hydrogens (tertiary/aromatic N) is 1. The first-order valence-electron chi connectivity index (χ1n) is 10.8. The van der Waals surface area contributed by atoms with Gasteiger partial charge in [-0.1, -0.05) is 72.3 Å². The van der Waals surface area contributed by atoms with Gasteiger partial charge in [-0.3, -0.25) is 9.59 Å². The molecule has 0 fully saturated rings. The number of aromatic nitrogens is 1. The molecule has 166 valence electrons. The minimum Gasteiger partial charge on any atom is -0.436 e. The Labute approximate surface area is 192 Å². The molecule has 4 rings (SSSR count). The minimum atomic E-state index is -0.252. The van der Waals surface area contributed by atoms with Gasteiger partial charge in [0.15, 0.2) is 5.76 Å². The van der Waals surface area contributed by atoms with Crippen molar-refractivity contribution in [3.8, 4) is 22.8 Å². The monoisotopic (exact) mass is 439 g/mol. The second-order valence-corrected chi connectivity index (χ2v) is 7.71. The average molecular weight is 440 g/mol. The standard InChI is InChI=1S/C27H25N3O3/c1-19-11-13-21(14-12-19)24-18-30-27(33-24)23-10-6-5-9-22(23)26(32)29-16-15-28-25(31)17-20-7-3-2-4-8-20/h2-14,18H,15-17H2,1H3,(H,28,31)(H,29,32). The molecular weight excluding hydrogens is 414 g/mol. The molecule has 3 aromatic carbocycles. The van der Waals surface area contributed by atoms with Crippen molar-refractivity contribution < 1.29 is 14.0 Å². The van der Waals surface area contributed by atoms with Crippen LogP contribution < -0.4 is 10.6 Å². The zero-order chi connectivity index (χ0) is 23.0. The van der Waals surface area contributed by atoms with E-state index in [9.17, 15) is 9.59 Å². The first-order valence-corrected chi connectivity index (χ1v) is 10.8. The summed E-state index contributed by atoms with van der Waals surface area (Å²) in [6.07, 6.45) is 1.97. The lowest BCUT2D eigenvalue weighted by Gasteiger charge is -2.09. The SMILES string of the molecule is Cc1ccc(-c2cnc(-c3ccccc3C(=O)NCCNC(=O)Cc3ccccc3)o2)cc1. The van der Waals surface area contributed by atoms with Crippen molar-refractivity contribution in [1.82, 2.24) is 15.6 Å². The van der Waals surface area contributed by atoms with Gasteiger partial charge in [-0.15, -0.1) is 0 Å². The molecule has 0 aliphatic rings. The van der Waals surface area contributed by atoms with Gasteiger partial charge in [-0.05, 0) is 24.6 Å². The maximum Gasteiger partial charge on any atom is 0.252 e. The molecule has 0 saturated heterocycles. The Kier molecular flexibility index (Phi) is 6.95. The van der Waals surface area contributed by atoms with Gasteiger partial charge in [0.05, 0.1) is 18.2 Å². The minimum absolute atomic E-state index is 0.0840. The van der Waals surface area contributed by atoms with E-state index >= 15 is 0 Å². The van der Waals surface area contributed by atoms with E-state index in [0.717, 1.165) is 16.7 Å². The quantitative estimate of drug-likeness (QED) is 0.399. The lowest BCUT2D eigenvalue weighted by Crippen LogP contribution is -2.35. The largest absolute Gasteiger partial charge is 0.436 e. The van der Waals surface area contributed by atoms with E-state index in [0.29, 0.717) is 42.3 Å². The van der Waals surface area contributed by atoms with Crippen LogP contribution in [-0.2, 0) is 11.2 Å². The van der Waals surface area contributed by atoms with E-state index in [1.54, 1.807) is 24.4 Å². The van der Waals surface area contributed by atoms with Crippen LogP contribution in [0.2, 0.25) is 0 Å². The summed E-state index contributed by atoms with van der Waals surface area (Å²) in [6.45, 7) is 2.68. The number of benzene rings is 3. The molecule has 1 aromatic heterocycles. The molecule has 2 N–H and O–H groups in total. The molecule has 6 heteroatoms. The lowest BCUT2D eigenvalue weighted by atomic mass is 10.1. The van der Waals surface area contributed by atoms with Gasteiger partial charge in [0.2, 0.25) is 11.8 Å². The normalized spacial score (nSPS) is 10.6. The molecule has 0 bridgehead atoms. The van der Waals surface area contributed by atoms with Crippen molar-refractivity contribution in [2.24, 2.45) is 0 Å². The van der Waals surface area contributed by atoms with Gasteiger partial charge in [-0.25, -0.2) is 4.98 Å². The van der Waals surface area contributed by atoms with Gasteiger partial charge < -0.3 is 15.1 Å². The van der Waals surface area contributed by atoms with Crippen LogP contribution in [0.3, 0.4) is 0 Å². The van der Waals surface area contributed by atoms with Crippen LogP contribution in [0.15, 0.2) is 89.5 Å². The molecule has 33 heavy (non-hydrogen) atoms. The summed E-state index contributed by atoms with van der Waals surface area (Å²) in [5, 5.41) is 5.68. The summed E-state index contributed by atoms with van der Waals surface area (Å²) >= 11 is 0. The van der Waals surface area contributed by atoms with E-state index in [1.807, 2.05) is 67.6 Å². The van der Waals surface area contributed by atoms with Crippen molar-refractivity contribution in [2.45, 2.75) is 13.3 Å². The first kappa shape index (κ1) is 22.0. The van der Waals surface area contributed by atoms with Gasteiger partial charge in [-0.2, -0.15) is 0 Å². The van der Waals surface area contributed by atoms with Crippen LogP contribution in [0.25, 0.3) is 22.8 Å². The van der Waals surface area contributed by atoms with E-state index in [2.05, 4.69) is 15.6 Å². The Morgan fingerprint density at radius 2 is 1.55 bits per heavy atom. The predicted molar refractivity (Wildman–Crippen MR) is 128 cm³/mol. The van der Waals surface area contributed by atoms with E-state index < -0.39 is 0 Å². The van der Waals surface area contributed by atoms with Crippen molar-refractivity contribution in [1.29, 1.82) is 0 Å². The molecule has 0 saturated carbocycles. The topological polar surface area (TPSA) is 84.2 Å². The van der Waals surface area contributed by atoms with E-state index in [4.69, 9.17) is 4.42 Å². The van der Waals surface area contributed by atoms with Crippen molar-refractivity contribution >= 4 is 11.8 Å². The number of nitrogens with one attached hydrogen (secondary N) is 2. The molecule has 1 heterocycles. The van der Waals surface area contributed by atoms with Crippen LogP contribution in [0, 0.1) is 6.92 Å². The van der Waals surface area contributed by atoms with Crippen molar-refractivity contribution in [3.05, 3.63) is 102 Å². The Balaban J connectivity index is 1.36. The molecule has 4 aromatic rings. The number of rotatable bonds is 8. The summed E-state index contributed by atoms with van der Waals surface area (Å²) in [5.74, 6) is 0.686. The fourth-order valence-corrected chi connectivity index (χ4v) is 3.43. The number of amides is 2. The highest BCUT2D eigenvalue weighted by molar-refractivity contribution is 6.00. The van der Waals surface area contributed by atoms with E-state index in [1.165, 1.54) is 0 Å². The highest BCUT2D eigenvalue weighted by atomic mass is 16.4. The number of oxazole rings is 1. The smallest absolute Gasteiger partial charge is 0.252 e. The van der Waals surface area contributed by atoms with Crippen molar-refractivity contribution in [2.75, 3.05) is 13.1 Å². The van der Waals surface area contributed by atoms with Crippen molar-refractivity contribution in [3.63, 3.8) is 0 Å². The molecule has 0 atom stereocenters. The Hall–Kier alpha value is -4.19. The number of carbonyl (C=O) groups is 2. The first-order chi connectivity index (χ1) is 16.1. The maximum absolute atomic E-state index is 12.8. The Bertz CT molecular complexity index is 1230. The highest BCUT2D eigenvalue weighted by Crippen LogP contribution is 2.28. The Morgan fingerprint density at radius 1 is 0.848 bits per heavy atom. The predicted octanol–water partition coefficient (Wildman–Crippen LogP) is 4.41. The van der Waals surface area contributed by atoms with Gasteiger partial charge in [0.1, 0.15) is 0 Å². The zero-order valence-corrected chi connectivity index (χ0v) is 18.4. The van der Waals surface area contributed by atoms with Crippen LogP contribution in [0.5, 0.6) is 0 Å². The summed E-state index contributed by atoms with van der Waals surface area (Å²) in [6, 6.07) is 24.7. The molecule has 0 unspecified atom stereocenters. The molecule has 6 nitrogen and oxygen atoms in total. The zero-order valence-electron chi connectivity index (χ0n) is 18.4. The fraction of sp³-hybridized carbons (Fsp3) is 0.148. The Morgan fingerprint density at radius 3 is 2.33 bits per heavy atom. The van der Waals surface area contributed by atoms with Crippen LogP contribution in [-0.4, -0.2) is 29.9 Å². The van der Waals surface area contributed by atoms with Crippen LogP contribution >= 0.6 is 0 Å². The molecular formula is C27H25N3O3. The number of carbonyl (C=O) groups excluding carboxylic acids is 2. The highest BCUT2D eigenvalue weighted by Gasteiger charge is 2.16. The van der Waals surface area contributed by atoms with Gasteiger partial charge >= 0.3 is 0 Å². The maximum atomic E-state index is 12.8. The van der Waals surface area contributed by atoms with Gasteiger partial charge in [0.25, 0.3) is 5.91 Å². The number of hydrogen-bond donors (Lipinski definition) is 2. The summed E-state index contributed by atoms with van der Waals surface area (Å²) in [4.78, 5) is 29.2. The third-order valence-electron chi connectivity index (χ3n) is 5.18. The fourth-order valence-electron chi connectivity index (χ4n) is 3.43. The molecule has 0 aliphatic carbocycles. The lowest BCUT2D eigenvalue weighted by molar-refractivity contribution is -0.120. The third-order valence-corrected chi connectivity index (χ3v) is 5.18. The number of aryl methyl sites for hydroxylation is 1. The third kappa shape index (κ3) is 5.74. The summed E-state index contributed by atoms with van der Waals surface area (Å²) < 4.78 is 5.95. The molecule has 2 amide bonds.